The van der Waals surface area contributed by atoms with Gasteiger partial charge in [-0.05, 0) is 25.3 Å². The first-order chi connectivity index (χ1) is 8.63. The predicted molar refractivity (Wildman–Crippen MR) is 74.7 cm³/mol. The van der Waals surface area contributed by atoms with Crippen molar-refractivity contribution in [2.45, 2.75) is 32.4 Å². The van der Waals surface area contributed by atoms with Gasteiger partial charge in [-0.25, -0.2) is 0 Å². The van der Waals surface area contributed by atoms with E-state index in [-0.39, 0.29) is 0 Å². The highest BCUT2D eigenvalue weighted by Crippen LogP contribution is 2.31. The molecule has 1 aromatic rings. The van der Waals surface area contributed by atoms with Crippen LogP contribution in [0.3, 0.4) is 0 Å². The van der Waals surface area contributed by atoms with Crippen LogP contribution in [0.15, 0.2) is 24.3 Å². The number of nitrogens with zero attached hydrogens (tertiary/aromatic N) is 1. The summed E-state index contributed by atoms with van der Waals surface area (Å²) in [4.78, 5) is 2.51. The van der Waals surface area contributed by atoms with Gasteiger partial charge in [-0.2, -0.15) is 0 Å². The molecule has 1 aliphatic rings. The molecule has 0 amide bonds. The fraction of sp³-hybridized carbons (Fsp3) is 0.600. The van der Waals surface area contributed by atoms with Crippen molar-refractivity contribution in [3.05, 3.63) is 29.8 Å². The van der Waals surface area contributed by atoms with Gasteiger partial charge in [-0.1, -0.05) is 25.1 Å². The summed E-state index contributed by atoms with van der Waals surface area (Å²) in [6.07, 6.45) is 1.08. The van der Waals surface area contributed by atoms with E-state index in [1.165, 1.54) is 5.56 Å². The molecule has 1 saturated heterocycles. The van der Waals surface area contributed by atoms with Crippen molar-refractivity contribution in [2.75, 3.05) is 20.2 Å². The van der Waals surface area contributed by atoms with Gasteiger partial charge in [0.15, 0.2) is 0 Å². The number of hydrogen-bond donors (Lipinski definition) is 1. The van der Waals surface area contributed by atoms with Crippen molar-refractivity contribution in [3.8, 4) is 5.75 Å². The summed E-state index contributed by atoms with van der Waals surface area (Å²) in [5.74, 6) is 1.54. The number of hydrogen-bond acceptors (Lipinski definition) is 3. The van der Waals surface area contributed by atoms with E-state index < -0.39 is 0 Å². The fourth-order valence-corrected chi connectivity index (χ4v) is 2.76. The van der Waals surface area contributed by atoms with Crippen LogP contribution in [-0.2, 0) is 0 Å². The molecular formula is C15H24N2O. The molecule has 0 bridgehead atoms. The Hall–Kier alpha value is -1.06. The highest BCUT2D eigenvalue weighted by Gasteiger charge is 2.27. The lowest BCUT2D eigenvalue weighted by Crippen LogP contribution is -2.46. The number of ether oxygens (including phenoxy) is 1. The summed E-state index contributed by atoms with van der Waals surface area (Å²) in [5.41, 5.74) is 7.35. The molecule has 1 aliphatic heterocycles. The van der Waals surface area contributed by atoms with Gasteiger partial charge < -0.3 is 10.5 Å². The number of piperidine rings is 1. The van der Waals surface area contributed by atoms with Crippen LogP contribution in [0.25, 0.3) is 0 Å². The molecule has 3 heteroatoms. The first kappa shape index (κ1) is 13.4. The molecule has 1 fully saturated rings. The van der Waals surface area contributed by atoms with E-state index in [2.05, 4.69) is 30.9 Å². The summed E-state index contributed by atoms with van der Waals surface area (Å²) in [7, 11) is 1.74. The standard InChI is InChI=1S/C15H24N2O/c1-11-10-17(9-8-14(11)16)12(2)13-6-4-5-7-15(13)18-3/h4-7,11-12,14H,8-10,16H2,1-3H3. The van der Waals surface area contributed by atoms with Gasteiger partial charge in [0.1, 0.15) is 5.75 Å². The van der Waals surface area contributed by atoms with Crippen LogP contribution in [-0.4, -0.2) is 31.1 Å². The summed E-state index contributed by atoms with van der Waals surface area (Å²) >= 11 is 0. The third-order valence-electron chi connectivity index (χ3n) is 4.14. The quantitative estimate of drug-likeness (QED) is 0.893. The van der Waals surface area contributed by atoms with E-state index >= 15 is 0 Å². The number of rotatable bonds is 3. The Kier molecular flexibility index (Phi) is 4.25. The van der Waals surface area contributed by atoms with Gasteiger partial charge in [0, 0.05) is 30.7 Å². The molecule has 3 atom stereocenters. The molecular weight excluding hydrogens is 224 g/mol. The van der Waals surface area contributed by atoms with Crippen LogP contribution < -0.4 is 10.5 Å². The molecule has 0 aromatic heterocycles. The van der Waals surface area contributed by atoms with Gasteiger partial charge in [0.2, 0.25) is 0 Å². The average Bonchev–Trinajstić information content (AvgIpc) is 2.41. The minimum absolute atomic E-state index is 0.353. The molecule has 18 heavy (non-hydrogen) atoms. The SMILES string of the molecule is COc1ccccc1C(C)N1CCC(N)C(C)C1. The number of nitrogens with two attached hydrogens (primary N) is 1. The monoisotopic (exact) mass is 248 g/mol. The first-order valence-corrected chi connectivity index (χ1v) is 6.76. The lowest BCUT2D eigenvalue weighted by atomic mass is 9.92. The van der Waals surface area contributed by atoms with E-state index in [1.807, 2.05) is 12.1 Å². The van der Waals surface area contributed by atoms with Crippen molar-refractivity contribution in [3.63, 3.8) is 0 Å². The molecule has 1 heterocycles. The Morgan fingerprint density at radius 2 is 2.11 bits per heavy atom. The molecule has 1 aromatic carbocycles. The average molecular weight is 248 g/mol. The van der Waals surface area contributed by atoms with E-state index in [0.717, 1.165) is 25.3 Å². The zero-order valence-corrected chi connectivity index (χ0v) is 11.6. The normalized spacial score (nSPS) is 26.9. The summed E-state index contributed by atoms with van der Waals surface area (Å²) in [6, 6.07) is 9.02. The van der Waals surface area contributed by atoms with E-state index in [1.54, 1.807) is 7.11 Å². The molecule has 0 aliphatic carbocycles. The second-order valence-corrected chi connectivity index (χ2v) is 5.34. The van der Waals surface area contributed by atoms with E-state index in [9.17, 15) is 0 Å². The fourth-order valence-electron chi connectivity index (χ4n) is 2.76. The largest absolute Gasteiger partial charge is 0.496 e. The van der Waals surface area contributed by atoms with Crippen LogP contribution in [0, 0.1) is 5.92 Å². The molecule has 100 valence electrons. The zero-order chi connectivity index (χ0) is 13.1. The molecule has 3 nitrogen and oxygen atoms in total. The molecule has 0 spiro atoms. The van der Waals surface area contributed by atoms with Gasteiger partial charge in [0.25, 0.3) is 0 Å². The Labute approximate surface area is 110 Å². The first-order valence-electron chi connectivity index (χ1n) is 6.76. The van der Waals surface area contributed by atoms with Crippen molar-refractivity contribution in [1.29, 1.82) is 0 Å². The number of benzene rings is 1. The lowest BCUT2D eigenvalue weighted by Gasteiger charge is -2.39. The third-order valence-corrected chi connectivity index (χ3v) is 4.14. The number of para-hydroxylation sites is 1. The topological polar surface area (TPSA) is 38.5 Å². The van der Waals surface area contributed by atoms with Crippen molar-refractivity contribution in [1.82, 2.24) is 4.90 Å². The maximum Gasteiger partial charge on any atom is 0.123 e. The smallest absolute Gasteiger partial charge is 0.123 e. The summed E-state index contributed by atoms with van der Waals surface area (Å²) < 4.78 is 5.45. The second-order valence-electron chi connectivity index (χ2n) is 5.34. The molecule has 2 N–H and O–H groups in total. The van der Waals surface area contributed by atoms with Crippen LogP contribution in [0.2, 0.25) is 0 Å². The van der Waals surface area contributed by atoms with Crippen LogP contribution in [0.5, 0.6) is 5.75 Å². The van der Waals surface area contributed by atoms with Crippen molar-refractivity contribution < 1.29 is 4.74 Å². The molecule has 0 radical (unpaired) electrons. The van der Waals surface area contributed by atoms with Gasteiger partial charge in [-0.3, -0.25) is 4.90 Å². The number of likely N-dealkylation sites (tertiary alicyclic amines) is 1. The van der Waals surface area contributed by atoms with E-state index in [4.69, 9.17) is 10.5 Å². The van der Waals surface area contributed by atoms with Crippen molar-refractivity contribution >= 4 is 0 Å². The minimum Gasteiger partial charge on any atom is -0.496 e. The summed E-state index contributed by atoms with van der Waals surface area (Å²) in [6.45, 7) is 6.64. The maximum atomic E-state index is 6.08. The van der Waals surface area contributed by atoms with Gasteiger partial charge in [0.05, 0.1) is 7.11 Å². The predicted octanol–water partition coefficient (Wildman–Crippen LogP) is 2.43. The highest BCUT2D eigenvalue weighted by atomic mass is 16.5. The van der Waals surface area contributed by atoms with Gasteiger partial charge >= 0.3 is 0 Å². The maximum absolute atomic E-state index is 6.08. The molecule has 0 saturated carbocycles. The van der Waals surface area contributed by atoms with Gasteiger partial charge in [-0.15, -0.1) is 0 Å². The molecule has 3 unspecified atom stereocenters. The Balaban J connectivity index is 2.13. The molecule has 2 rings (SSSR count). The zero-order valence-electron chi connectivity index (χ0n) is 11.6. The van der Waals surface area contributed by atoms with Crippen LogP contribution in [0.1, 0.15) is 31.9 Å². The van der Waals surface area contributed by atoms with Crippen molar-refractivity contribution in [2.24, 2.45) is 11.7 Å². The third kappa shape index (κ3) is 2.68. The Morgan fingerprint density at radius 3 is 2.78 bits per heavy atom. The number of methoxy groups -OCH3 is 1. The summed E-state index contributed by atoms with van der Waals surface area (Å²) in [5, 5.41) is 0. The van der Waals surface area contributed by atoms with E-state index in [0.29, 0.717) is 18.0 Å². The Bertz CT molecular complexity index is 394. The minimum atomic E-state index is 0.353. The highest BCUT2D eigenvalue weighted by molar-refractivity contribution is 5.35. The lowest BCUT2D eigenvalue weighted by molar-refractivity contribution is 0.122. The Morgan fingerprint density at radius 1 is 1.39 bits per heavy atom. The van der Waals surface area contributed by atoms with Crippen LogP contribution >= 0.6 is 0 Å². The second kappa shape index (κ2) is 5.72. The van der Waals surface area contributed by atoms with Crippen LogP contribution in [0.4, 0.5) is 0 Å².